The average Bonchev–Trinajstić information content (AvgIpc) is 3.31. The molecule has 0 aliphatic carbocycles. The van der Waals surface area contributed by atoms with Crippen LogP contribution in [0.25, 0.3) is 11.1 Å². The van der Waals surface area contributed by atoms with E-state index in [2.05, 4.69) is 10.3 Å². The third-order valence-corrected chi connectivity index (χ3v) is 7.68. The number of benzene rings is 2. The Morgan fingerprint density at radius 1 is 0.977 bits per heavy atom. The van der Waals surface area contributed by atoms with Crippen LogP contribution in [0, 0.1) is 18.7 Å². The van der Waals surface area contributed by atoms with Crippen molar-refractivity contribution in [2.24, 2.45) is 5.92 Å². The molecule has 1 aliphatic heterocycles. The summed E-state index contributed by atoms with van der Waals surface area (Å²) in [6.07, 6.45) is -8.86. The molecule has 1 aliphatic rings. The van der Waals surface area contributed by atoms with Gasteiger partial charge >= 0.3 is 12.4 Å². The van der Waals surface area contributed by atoms with E-state index in [1.165, 1.54) is 45.3 Å². The Labute approximate surface area is 242 Å². The topological polar surface area (TPSA) is 82.5 Å². The number of carbonyl (C=O) groups excluding carboxylic acids is 2. The molecule has 2 aromatic carbocycles. The number of alkyl halides is 6. The minimum Gasteiger partial charge on any atom is -0.396 e. The number of amides is 2. The Balaban J connectivity index is 1.84. The van der Waals surface area contributed by atoms with Gasteiger partial charge in [0.05, 0.1) is 40.2 Å². The molecule has 0 saturated carbocycles. The minimum atomic E-state index is -5.10. The Hall–Kier alpha value is -4.00. The second kappa shape index (κ2) is 11.3. The van der Waals surface area contributed by atoms with Gasteiger partial charge in [-0.2, -0.15) is 26.3 Å². The molecule has 6 nitrogen and oxygen atoms in total. The summed E-state index contributed by atoms with van der Waals surface area (Å²) in [4.78, 5) is 31.4. The molecule has 3 aromatic rings. The zero-order valence-electron chi connectivity index (χ0n) is 23.5. The van der Waals surface area contributed by atoms with E-state index in [4.69, 9.17) is 0 Å². The molecule has 1 fully saturated rings. The smallest absolute Gasteiger partial charge is 0.396 e. The molecule has 4 rings (SSSR count). The van der Waals surface area contributed by atoms with Crippen LogP contribution in [0.3, 0.4) is 0 Å². The van der Waals surface area contributed by atoms with Gasteiger partial charge in [0, 0.05) is 31.6 Å². The van der Waals surface area contributed by atoms with E-state index in [1.54, 1.807) is 13.0 Å². The number of hydrogen-bond donors (Lipinski definition) is 2. The fraction of sp³-hybridized carbons (Fsp3) is 0.367. The summed E-state index contributed by atoms with van der Waals surface area (Å²) >= 11 is 0. The van der Waals surface area contributed by atoms with Crippen LogP contribution in [0.15, 0.2) is 48.7 Å². The Kier molecular flexibility index (Phi) is 8.35. The van der Waals surface area contributed by atoms with Gasteiger partial charge in [0.25, 0.3) is 0 Å². The summed E-state index contributed by atoms with van der Waals surface area (Å²) in [6.45, 7) is 3.72. The molecular formula is C30H28F7N3O3. The van der Waals surface area contributed by atoms with Crippen molar-refractivity contribution in [3.63, 3.8) is 0 Å². The largest absolute Gasteiger partial charge is 0.416 e. The molecule has 2 N–H and O–H groups in total. The SMILES string of the molecule is Cc1cc(F)ccc1-c1cc([C@@H]2NC(=O)C[C@H]2CO)ncc1N(C)C(=O)C(C)(C)c1cc(C(F)(F)F)cc(C(F)(F)F)c1. The molecule has 2 heterocycles. The summed E-state index contributed by atoms with van der Waals surface area (Å²) in [5.74, 6) is -2.17. The number of carbonyl (C=O) groups is 2. The summed E-state index contributed by atoms with van der Waals surface area (Å²) in [5, 5.41) is 12.5. The highest BCUT2D eigenvalue weighted by Crippen LogP contribution is 2.41. The number of aromatic nitrogens is 1. The summed E-state index contributed by atoms with van der Waals surface area (Å²) < 4.78 is 95.3. The van der Waals surface area contributed by atoms with Crippen LogP contribution in [0.5, 0.6) is 0 Å². The highest BCUT2D eigenvalue weighted by atomic mass is 19.4. The second-order valence-corrected chi connectivity index (χ2v) is 11.1. The zero-order chi connectivity index (χ0) is 32.1. The molecule has 1 saturated heterocycles. The fourth-order valence-corrected chi connectivity index (χ4v) is 5.21. The van der Waals surface area contributed by atoms with Crippen LogP contribution in [-0.2, 0) is 27.4 Å². The third kappa shape index (κ3) is 6.36. The van der Waals surface area contributed by atoms with Crippen molar-refractivity contribution in [1.29, 1.82) is 0 Å². The first-order chi connectivity index (χ1) is 19.8. The van der Waals surface area contributed by atoms with Crippen molar-refractivity contribution < 1.29 is 45.4 Å². The zero-order valence-corrected chi connectivity index (χ0v) is 23.5. The number of aryl methyl sites for hydroxylation is 1. The minimum absolute atomic E-state index is 0.00667. The van der Waals surface area contributed by atoms with Gasteiger partial charge in [-0.25, -0.2) is 4.39 Å². The number of hydrogen-bond acceptors (Lipinski definition) is 4. The molecule has 0 unspecified atom stereocenters. The maximum atomic E-state index is 14.0. The maximum absolute atomic E-state index is 14.0. The van der Waals surface area contributed by atoms with Gasteiger partial charge in [-0.05, 0) is 73.9 Å². The first-order valence-corrected chi connectivity index (χ1v) is 13.1. The number of anilines is 1. The van der Waals surface area contributed by atoms with Crippen LogP contribution in [0.2, 0.25) is 0 Å². The number of halogens is 7. The molecule has 230 valence electrons. The number of aliphatic hydroxyl groups excluding tert-OH is 1. The lowest BCUT2D eigenvalue weighted by Crippen LogP contribution is -2.42. The number of pyridine rings is 1. The lowest BCUT2D eigenvalue weighted by molar-refractivity contribution is -0.143. The Morgan fingerprint density at radius 3 is 2.09 bits per heavy atom. The molecule has 2 atom stereocenters. The number of nitrogens with zero attached hydrogens (tertiary/aromatic N) is 2. The van der Waals surface area contributed by atoms with E-state index in [0.717, 1.165) is 4.90 Å². The predicted molar refractivity (Wildman–Crippen MR) is 143 cm³/mol. The monoisotopic (exact) mass is 611 g/mol. The molecule has 43 heavy (non-hydrogen) atoms. The maximum Gasteiger partial charge on any atom is 0.416 e. The first kappa shape index (κ1) is 31.9. The number of aliphatic hydroxyl groups is 1. The molecule has 13 heteroatoms. The van der Waals surface area contributed by atoms with Crippen LogP contribution < -0.4 is 10.2 Å². The van der Waals surface area contributed by atoms with Gasteiger partial charge in [0.2, 0.25) is 11.8 Å². The normalized spacial score (nSPS) is 17.6. The van der Waals surface area contributed by atoms with Gasteiger partial charge in [0.15, 0.2) is 0 Å². The van der Waals surface area contributed by atoms with Crippen molar-refractivity contribution >= 4 is 17.5 Å². The van der Waals surface area contributed by atoms with Gasteiger partial charge < -0.3 is 15.3 Å². The van der Waals surface area contributed by atoms with E-state index >= 15 is 0 Å². The highest BCUT2D eigenvalue weighted by molar-refractivity contribution is 6.03. The molecular weight excluding hydrogens is 583 g/mol. The summed E-state index contributed by atoms with van der Waals surface area (Å²) in [5.41, 5.74) is -3.77. The van der Waals surface area contributed by atoms with E-state index in [0.29, 0.717) is 34.5 Å². The average molecular weight is 612 g/mol. The second-order valence-electron chi connectivity index (χ2n) is 11.1. The molecule has 2 amide bonds. The lowest BCUT2D eigenvalue weighted by Gasteiger charge is -2.32. The standard InChI is InChI=1S/C30H28F7N3O3/c1-15-7-20(31)5-6-21(15)22-12-23(26-16(14-41)8-25(42)39-26)38-13-24(22)40(4)27(43)28(2,3)17-9-18(29(32,33)34)11-19(10-17)30(35,36)37/h5-7,9-13,16,26,41H,8,14H2,1-4H3,(H,39,42)/t16-,26+/m0/s1. The third-order valence-electron chi connectivity index (χ3n) is 7.68. The number of rotatable bonds is 6. The van der Waals surface area contributed by atoms with Gasteiger partial charge in [-0.15, -0.1) is 0 Å². The van der Waals surface area contributed by atoms with E-state index in [-0.39, 0.29) is 30.7 Å². The van der Waals surface area contributed by atoms with Gasteiger partial charge in [0.1, 0.15) is 5.82 Å². The first-order valence-electron chi connectivity index (χ1n) is 13.1. The highest BCUT2D eigenvalue weighted by Gasteiger charge is 2.41. The molecule has 0 radical (unpaired) electrons. The van der Waals surface area contributed by atoms with Crippen molar-refractivity contribution in [3.8, 4) is 11.1 Å². The molecule has 0 spiro atoms. The van der Waals surface area contributed by atoms with Crippen molar-refractivity contribution in [3.05, 3.63) is 82.4 Å². The van der Waals surface area contributed by atoms with Gasteiger partial charge in [-0.1, -0.05) is 6.07 Å². The van der Waals surface area contributed by atoms with Crippen LogP contribution in [0.4, 0.5) is 36.4 Å². The van der Waals surface area contributed by atoms with Gasteiger partial charge in [-0.3, -0.25) is 14.6 Å². The van der Waals surface area contributed by atoms with Crippen molar-refractivity contribution in [2.75, 3.05) is 18.6 Å². The Morgan fingerprint density at radius 2 is 1.56 bits per heavy atom. The quantitative estimate of drug-likeness (QED) is 0.319. The lowest BCUT2D eigenvalue weighted by atomic mass is 9.81. The summed E-state index contributed by atoms with van der Waals surface area (Å²) in [6, 6.07) is 5.80. The Bertz CT molecular complexity index is 1540. The number of likely N-dealkylation sites (N-methyl/N-ethyl adjacent to an activating group) is 1. The van der Waals surface area contributed by atoms with Crippen molar-refractivity contribution in [1.82, 2.24) is 10.3 Å². The van der Waals surface area contributed by atoms with E-state index in [9.17, 15) is 45.4 Å². The van der Waals surface area contributed by atoms with Crippen LogP contribution >= 0.6 is 0 Å². The predicted octanol–water partition coefficient (Wildman–Crippen LogP) is 6.34. The van der Waals surface area contributed by atoms with Crippen LogP contribution in [0.1, 0.15) is 54.3 Å². The van der Waals surface area contributed by atoms with Crippen molar-refractivity contribution in [2.45, 2.75) is 51.0 Å². The van der Waals surface area contributed by atoms with Crippen LogP contribution in [-0.4, -0.2) is 35.6 Å². The molecule has 0 bridgehead atoms. The van der Waals surface area contributed by atoms with E-state index in [1.807, 2.05) is 0 Å². The van der Waals surface area contributed by atoms with E-state index < -0.39 is 58.1 Å². The summed E-state index contributed by atoms with van der Waals surface area (Å²) in [7, 11) is 1.30. The number of nitrogens with one attached hydrogen (secondary N) is 1. The fourth-order valence-electron chi connectivity index (χ4n) is 5.21. The molecule has 1 aromatic heterocycles.